The summed E-state index contributed by atoms with van der Waals surface area (Å²) in [6, 6.07) is 13.1. The molecule has 1 aromatic carbocycles. The zero-order chi connectivity index (χ0) is 17.1. The molecular weight excluding hydrogens is 372 g/mol. The minimum atomic E-state index is -0.319. The second-order valence-corrected chi connectivity index (χ2v) is 6.15. The third-order valence-corrected chi connectivity index (χ3v) is 3.93. The van der Waals surface area contributed by atoms with E-state index in [2.05, 4.69) is 26.5 Å². The molecule has 122 valence electrons. The number of hydrogen-bond acceptors (Lipinski definition) is 4. The van der Waals surface area contributed by atoms with Crippen molar-refractivity contribution < 1.29 is 13.6 Å². The van der Waals surface area contributed by atoms with Crippen molar-refractivity contribution >= 4 is 28.1 Å². The first-order chi connectivity index (χ1) is 11.5. The third-order valence-electron chi connectivity index (χ3n) is 3.40. The summed E-state index contributed by atoms with van der Waals surface area (Å²) in [4.78, 5) is 12.0. The van der Waals surface area contributed by atoms with Crippen molar-refractivity contribution in [3.05, 3.63) is 69.8 Å². The summed E-state index contributed by atoms with van der Waals surface area (Å²) in [5.74, 6) is 2.22. The first-order valence-electron chi connectivity index (χ1n) is 7.29. The summed E-state index contributed by atoms with van der Waals surface area (Å²) in [5.41, 5.74) is 3.90. The molecule has 2 heterocycles. The zero-order valence-electron chi connectivity index (χ0n) is 13.2. The van der Waals surface area contributed by atoms with Crippen molar-refractivity contribution in [2.75, 3.05) is 0 Å². The number of furan rings is 2. The van der Waals surface area contributed by atoms with Gasteiger partial charge in [-0.2, -0.15) is 5.10 Å². The maximum absolute atomic E-state index is 12.0. The van der Waals surface area contributed by atoms with Crippen LogP contribution in [-0.2, 0) is 0 Å². The van der Waals surface area contributed by atoms with Gasteiger partial charge in [0.2, 0.25) is 0 Å². The Morgan fingerprint density at radius 3 is 2.54 bits per heavy atom. The van der Waals surface area contributed by atoms with E-state index in [0.717, 1.165) is 15.8 Å². The molecule has 24 heavy (non-hydrogen) atoms. The van der Waals surface area contributed by atoms with Crippen LogP contribution in [0.2, 0.25) is 0 Å². The fourth-order valence-electron chi connectivity index (χ4n) is 2.26. The predicted molar refractivity (Wildman–Crippen MR) is 95.1 cm³/mol. The zero-order valence-corrected chi connectivity index (χ0v) is 14.8. The van der Waals surface area contributed by atoms with Crippen molar-refractivity contribution in [3.8, 4) is 11.3 Å². The fourth-order valence-corrected chi connectivity index (χ4v) is 2.53. The maximum atomic E-state index is 12.0. The second-order valence-electron chi connectivity index (χ2n) is 5.23. The molecule has 1 N–H and O–H groups in total. The second kappa shape index (κ2) is 6.88. The molecule has 1 amide bonds. The number of rotatable bonds is 4. The van der Waals surface area contributed by atoms with Crippen molar-refractivity contribution in [1.29, 1.82) is 0 Å². The number of carbonyl (C=O) groups is 1. The Labute approximate surface area is 147 Å². The summed E-state index contributed by atoms with van der Waals surface area (Å²) in [6.07, 6.45) is 1.46. The lowest BCUT2D eigenvalue weighted by Gasteiger charge is -1.97. The van der Waals surface area contributed by atoms with Gasteiger partial charge in [-0.25, -0.2) is 5.43 Å². The summed E-state index contributed by atoms with van der Waals surface area (Å²) >= 11 is 3.40. The van der Waals surface area contributed by atoms with Gasteiger partial charge in [-0.05, 0) is 44.2 Å². The summed E-state index contributed by atoms with van der Waals surface area (Å²) < 4.78 is 12.0. The van der Waals surface area contributed by atoms with Crippen LogP contribution in [0.25, 0.3) is 11.3 Å². The Kier molecular flexibility index (Phi) is 4.66. The number of aryl methyl sites for hydroxylation is 2. The van der Waals surface area contributed by atoms with Gasteiger partial charge in [-0.3, -0.25) is 4.79 Å². The first kappa shape index (κ1) is 16.3. The highest BCUT2D eigenvalue weighted by Gasteiger charge is 2.12. The topological polar surface area (TPSA) is 67.7 Å². The molecule has 0 aliphatic rings. The number of hydrogen-bond donors (Lipinski definition) is 1. The summed E-state index contributed by atoms with van der Waals surface area (Å²) in [5, 5.41) is 3.92. The van der Waals surface area contributed by atoms with E-state index in [1.807, 2.05) is 30.3 Å². The Balaban J connectivity index is 1.66. The molecule has 0 unspecified atom stereocenters. The van der Waals surface area contributed by atoms with Crippen LogP contribution in [0.15, 0.2) is 60.9 Å². The number of halogens is 1. The highest BCUT2D eigenvalue weighted by atomic mass is 79.9. The molecule has 6 heteroatoms. The lowest BCUT2D eigenvalue weighted by Crippen LogP contribution is -2.17. The molecule has 2 aromatic heterocycles. The summed E-state index contributed by atoms with van der Waals surface area (Å²) in [6.45, 7) is 3.53. The average Bonchev–Trinajstić information content (AvgIpc) is 3.14. The van der Waals surface area contributed by atoms with Crippen molar-refractivity contribution in [3.63, 3.8) is 0 Å². The number of amides is 1. The lowest BCUT2D eigenvalue weighted by molar-refractivity contribution is 0.0953. The van der Waals surface area contributed by atoms with Crippen molar-refractivity contribution in [2.24, 2.45) is 5.10 Å². The van der Waals surface area contributed by atoms with Gasteiger partial charge < -0.3 is 8.83 Å². The van der Waals surface area contributed by atoms with Crippen LogP contribution in [0.5, 0.6) is 0 Å². The van der Waals surface area contributed by atoms with Crippen LogP contribution in [0, 0.1) is 13.8 Å². The molecule has 5 nitrogen and oxygen atoms in total. The number of hydrazone groups is 1. The van der Waals surface area contributed by atoms with E-state index in [4.69, 9.17) is 8.83 Å². The van der Waals surface area contributed by atoms with Gasteiger partial charge in [0.25, 0.3) is 5.91 Å². The van der Waals surface area contributed by atoms with E-state index in [-0.39, 0.29) is 5.91 Å². The Bertz CT molecular complexity index is 891. The van der Waals surface area contributed by atoms with Crippen molar-refractivity contribution in [2.45, 2.75) is 13.8 Å². The standard InChI is InChI=1S/C18H15BrN2O3/c1-11-9-16(12(2)23-11)18(22)21-20-10-15-7-8-17(24-15)13-3-5-14(19)6-4-13/h3-10H,1-2H3,(H,21,22)/b20-10-. The molecule has 0 bridgehead atoms. The van der Waals surface area contributed by atoms with Crippen LogP contribution in [0.3, 0.4) is 0 Å². The van der Waals surface area contributed by atoms with Crippen molar-refractivity contribution in [1.82, 2.24) is 5.43 Å². The monoisotopic (exact) mass is 386 g/mol. The molecule has 3 rings (SSSR count). The molecular formula is C18H15BrN2O3. The van der Waals surface area contributed by atoms with Crippen LogP contribution < -0.4 is 5.43 Å². The fraction of sp³-hybridized carbons (Fsp3) is 0.111. The van der Waals surface area contributed by atoms with Gasteiger partial charge in [-0.1, -0.05) is 28.1 Å². The molecule has 0 saturated carbocycles. The predicted octanol–water partition coefficient (Wildman–Crippen LogP) is 4.68. The third kappa shape index (κ3) is 3.65. The van der Waals surface area contributed by atoms with Gasteiger partial charge >= 0.3 is 0 Å². The van der Waals surface area contributed by atoms with Gasteiger partial charge in [0.15, 0.2) is 0 Å². The van der Waals surface area contributed by atoms with E-state index in [1.54, 1.807) is 26.0 Å². The Hall–Kier alpha value is -2.60. The number of nitrogens with zero attached hydrogens (tertiary/aromatic N) is 1. The number of carbonyl (C=O) groups excluding carboxylic acids is 1. The molecule has 0 saturated heterocycles. The van der Waals surface area contributed by atoms with E-state index in [0.29, 0.717) is 22.8 Å². The minimum Gasteiger partial charge on any atom is -0.466 e. The van der Waals surface area contributed by atoms with Gasteiger partial charge in [0, 0.05) is 10.0 Å². The molecule has 0 fully saturated rings. The van der Waals surface area contributed by atoms with E-state index >= 15 is 0 Å². The van der Waals surface area contributed by atoms with Gasteiger partial charge in [-0.15, -0.1) is 0 Å². The molecule has 0 atom stereocenters. The van der Waals surface area contributed by atoms with E-state index in [9.17, 15) is 4.79 Å². The molecule has 0 aliphatic heterocycles. The van der Waals surface area contributed by atoms with Crippen LogP contribution in [0.4, 0.5) is 0 Å². The maximum Gasteiger partial charge on any atom is 0.274 e. The van der Waals surface area contributed by atoms with Gasteiger partial charge in [0.1, 0.15) is 23.0 Å². The van der Waals surface area contributed by atoms with Crippen LogP contribution in [0.1, 0.15) is 27.6 Å². The number of nitrogens with one attached hydrogen (secondary N) is 1. The molecule has 3 aromatic rings. The smallest absolute Gasteiger partial charge is 0.274 e. The van der Waals surface area contributed by atoms with Crippen LogP contribution in [-0.4, -0.2) is 12.1 Å². The highest BCUT2D eigenvalue weighted by molar-refractivity contribution is 9.10. The quantitative estimate of drug-likeness (QED) is 0.522. The van der Waals surface area contributed by atoms with E-state index < -0.39 is 0 Å². The van der Waals surface area contributed by atoms with Crippen LogP contribution >= 0.6 is 15.9 Å². The SMILES string of the molecule is Cc1cc(C(=O)N/N=C\c2ccc(-c3ccc(Br)cc3)o2)c(C)o1. The molecule has 0 aliphatic carbocycles. The Morgan fingerprint density at radius 1 is 1.12 bits per heavy atom. The highest BCUT2D eigenvalue weighted by Crippen LogP contribution is 2.23. The largest absolute Gasteiger partial charge is 0.466 e. The number of benzene rings is 1. The van der Waals surface area contributed by atoms with Gasteiger partial charge in [0.05, 0.1) is 11.8 Å². The molecule has 0 spiro atoms. The normalized spacial score (nSPS) is 11.1. The average molecular weight is 387 g/mol. The first-order valence-corrected chi connectivity index (χ1v) is 8.08. The lowest BCUT2D eigenvalue weighted by atomic mass is 10.2. The minimum absolute atomic E-state index is 0.319. The molecule has 0 radical (unpaired) electrons. The summed E-state index contributed by atoms with van der Waals surface area (Å²) in [7, 11) is 0. The van der Waals surface area contributed by atoms with E-state index in [1.165, 1.54) is 6.21 Å². The Morgan fingerprint density at radius 2 is 1.88 bits per heavy atom.